The molecule has 1 saturated heterocycles. The van der Waals surface area contributed by atoms with Gasteiger partial charge in [0.15, 0.2) is 12.4 Å². The lowest BCUT2D eigenvalue weighted by molar-refractivity contribution is -0.311. The van der Waals surface area contributed by atoms with E-state index in [0.29, 0.717) is 6.61 Å². The Balaban J connectivity index is 1.75. The number of carbonyl (C=O) groups excluding carboxylic acids is 2. The minimum Gasteiger partial charge on any atom is -0.454 e. The fraction of sp³-hybridized carbons (Fsp3) is 0.429. The van der Waals surface area contributed by atoms with Crippen LogP contribution >= 0.6 is 0 Å². The zero-order valence-corrected chi connectivity index (χ0v) is 20.5. The summed E-state index contributed by atoms with van der Waals surface area (Å²) >= 11 is 0. The molecule has 0 spiro atoms. The second-order valence-electron chi connectivity index (χ2n) is 8.57. The van der Waals surface area contributed by atoms with E-state index < -0.39 is 36.7 Å². The first kappa shape index (κ1) is 27.7. The van der Waals surface area contributed by atoms with Gasteiger partial charge < -0.3 is 33.6 Å². The van der Waals surface area contributed by atoms with Crippen LogP contribution in [0.1, 0.15) is 30.9 Å². The molecule has 36 heavy (non-hydrogen) atoms. The molecule has 194 valence electrons. The van der Waals surface area contributed by atoms with Gasteiger partial charge in [0.25, 0.3) is 0 Å². The molecule has 0 aliphatic carbocycles. The van der Waals surface area contributed by atoms with Crippen LogP contribution in [0.4, 0.5) is 0 Å². The summed E-state index contributed by atoms with van der Waals surface area (Å²) in [4.78, 5) is 23.8. The van der Waals surface area contributed by atoms with Gasteiger partial charge in [-0.25, -0.2) is 0 Å². The summed E-state index contributed by atoms with van der Waals surface area (Å²) in [5.74, 6) is -0.732. The van der Waals surface area contributed by atoms with E-state index in [0.717, 1.165) is 11.1 Å². The number of ether oxygens (including phenoxy) is 5. The van der Waals surface area contributed by atoms with Gasteiger partial charge in [-0.15, -0.1) is 6.58 Å². The maximum absolute atomic E-state index is 12.5. The summed E-state index contributed by atoms with van der Waals surface area (Å²) in [6, 6.07) is 19.1. The Morgan fingerprint density at radius 1 is 0.944 bits per heavy atom. The van der Waals surface area contributed by atoms with E-state index in [-0.39, 0.29) is 38.4 Å². The monoisotopic (exact) mass is 498 g/mol. The van der Waals surface area contributed by atoms with Crippen molar-refractivity contribution in [2.45, 2.75) is 63.7 Å². The SMILES string of the molecule is C=CCO[C@H]1O[C@H](COCc2ccccc2)[C@@H](O)[C@H](OCc2ccccc2)[C@@H]1OC(=O)CCC(C)=O. The largest absolute Gasteiger partial charge is 0.454 e. The van der Waals surface area contributed by atoms with Gasteiger partial charge in [0.05, 0.1) is 32.8 Å². The Bertz CT molecular complexity index is 949. The standard InChI is InChI=1S/C28H34O8/c1-3-16-33-28-27(36-24(30)15-14-20(2)29)26(34-18-22-12-8-5-9-13-22)25(31)23(35-28)19-32-17-21-10-6-4-7-11-21/h3-13,23,25-28,31H,1,14-19H2,2H3/t23-,25-,26+,27+,28+/m1/s1. The molecule has 0 saturated carbocycles. The van der Waals surface area contributed by atoms with Crippen LogP contribution in [0.2, 0.25) is 0 Å². The Morgan fingerprint density at radius 3 is 2.19 bits per heavy atom. The average molecular weight is 499 g/mol. The molecule has 5 atom stereocenters. The van der Waals surface area contributed by atoms with Crippen LogP contribution in [0.15, 0.2) is 73.3 Å². The highest BCUT2D eigenvalue weighted by Gasteiger charge is 2.49. The molecule has 1 fully saturated rings. The van der Waals surface area contributed by atoms with Gasteiger partial charge in [0.1, 0.15) is 24.1 Å². The van der Waals surface area contributed by atoms with Crippen LogP contribution < -0.4 is 0 Å². The van der Waals surface area contributed by atoms with E-state index in [4.69, 9.17) is 23.7 Å². The van der Waals surface area contributed by atoms with Gasteiger partial charge in [-0.2, -0.15) is 0 Å². The maximum Gasteiger partial charge on any atom is 0.306 e. The Morgan fingerprint density at radius 2 is 1.58 bits per heavy atom. The molecule has 1 aliphatic rings. The maximum atomic E-state index is 12.5. The summed E-state index contributed by atoms with van der Waals surface area (Å²) in [6.45, 7) is 5.78. The molecule has 2 aromatic carbocycles. The zero-order chi connectivity index (χ0) is 25.8. The molecule has 1 N–H and O–H groups in total. The Hall–Kier alpha value is -2.88. The van der Waals surface area contributed by atoms with Crippen LogP contribution in [0.25, 0.3) is 0 Å². The Labute approximate surface area is 211 Å². The predicted octanol–water partition coefficient (Wildman–Crippen LogP) is 3.36. The third-order valence-corrected chi connectivity index (χ3v) is 5.62. The van der Waals surface area contributed by atoms with Crippen molar-refractivity contribution in [1.82, 2.24) is 0 Å². The minimum absolute atomic E-state index is 0.0542. The van der Waals surface area contributed by atoms with E-state index in [1.807, 2.05) is 60.7 Å². The molecule has 0 unspecified atom stereocenters. The number of benzene rings is 2. The van der Waals surface area contributed by atoms with Crippen LogP contribution in [-0.2, 0) is 46.5 Å². The lowest BCUT2D eigenvalue weighted by Gasteiger charge is -2.43. The highest BCUT2D eigenvalue weighted by atomic mass is 16.7. The first-order valence-corrected chi connectivity index (χ1v) is 12.0. The van der Waals surface area contributed by atoms with Crippen molar-refractivity contribution in [3.05, 3.63) is 84.4 Å². The van der Waals surface area contributed by atoms with Crippen molar-refractivity contribution in [3.8, 4) is 0 Å². The lowest BCUT2D eigenvalue weighted by atomic mass is 9.98. The summed E-state index contributed by atoms with van der Waals surface area (Å²) in [5, 5.41) is 11.2. The predicted molar refractivity (Wildman–Crippen MR) is 132 cm³/mol. The molecule has 3 rings (SSSR count). The van der Waals surface area contributed by atoms with Crippen molar-refractivity contribution < 1.29 is 38.4 Å². The van der Waals surface area contributed by atoms with Crippen LogP contribution in [-0.4, -0.2) is 60.8 Å². The summed E-state index contributed by atoms with van der Waals surface area (Å²) in [7, 11) is 0. The number of aliphatic hydroxyl groups is 1. The second kappa shape index (κ2) is 14.6. The lowest BCUT2D eigenvalue weighted by Crippen LogP contribution is -2.61. The number of carbonyl (C=O) groups is 2. The summed E-state index contributed by atoms with van der Waals surface area (Å²) in [6.07, 6.45) is -3.50. The molecule has 8 nitrogen and oxygen atoms in total. The fourth-order valence-corrected chi connectivity index (χ4v) is 3.76. The first-order chi connectivity index (χ1) is 17.5. The number of hydrogen-bond acceptors (Lipinski definition) is 8. The molecule has 1 aliphatic heterocycles. The number of rotatable bonds is 14. The topological polar surface area (TPSA) is 101 Å². The Kier molecular flexibility index (Phi) is 11.3. The number of Topliss-reactive ketones (excluding diaryl/α,β-unsaturated/α-hetero) is 1. The smallest absolute Gasteiger partial charge is 0.306 e. The molecular weight excluding hydrogens is 464 g/mol. The van der Waals surface area contributed by atoms with Crippen LogP contribution in [0, 0.1) is 0 Å². The van der Waals surface area contributed by atoms with Crippen LogP contribution in [0.3, 0.4) is 0 Å². The van der Waals surface area contributed by atoms with Gasteiger partial charge in [0.2, 0.25) is 0 Å². The molecule has 0 bridgehead atoms. The number of ketones is 1. The fourth-order valence-electron chi connectivity index (χ4n) is 3.76. The van der Waals surface area contributed by atoms with Crippen molar-refractivity contribution in [2.24, 2.45) is 0 Å². The molecular formula is C28H34O8. The van der Waals surface area contributed by atoms with E-state index in [1.54, 1.807) is 6.08 Å². The van der Waals surface area contributed by atoms with E-state index in [9.17, 15) is 14.7 Å². The van der Waals surface area contributed by atoms with Crippen molar-refractivity contribution in [2.75, 3.05) is 13.2 Å². The third-order valence-electron chi connectivity index (χ3n) is 5.62. The molecule has 0 amide bonds. The summed E-state index contributed by atoms with van der Waals surface area (Å²) < 4.78 is 29.3. The van der Waals surface area contributed by atoms with Gasteiger partial charge >= 0.3 is 5.97 Å². The zero-order valence-electron chi connectivity index (χ0n) is 20.5. The van der Waals surface area contributed by atoms with Gasteiger partial charge in [0, 0.05) is 6.42 Å². The van der Waals surface area contributed by atoms with Crippen LogP contribution in [0.5, 0.6) is 0 Å². The van der Waals surface area contributed by atoms with E-state index in [1.165, 1.54) is 6.92 Å². The molecule has 0 aromatic heterocycles. The van der Waals surface area contributed by atoms with Crippen molar-refractivity contribution >= 4 is 11.8 Å². The average Bonchev–Trinajstić information content (AvgIpc) is 2.89. The highest BCUT2D eigenvalue weighted by molar-refractivity contribution is 5.81. The molecule has 1 heterocycles. The number of aliphatic hydroxyl groups excluding tert-OH is 1. The number of hydrogen-bond donors (Lipinski definition) is 1. The van der Waals surface area contributed by atoms with E-state index >= 15 is 0 Å². The summed E-state index contributed by atoms with van der Waals surface area (Å²) in [5.41, 5.74) is 1.87. The molecule has 8 heteroatoms. The minimum atomic E-state index is -1.17. The first-order valence-electron chi connectivity index (χ1n) is 12.0. The van der Waals surface area contributed by atoms with Crippen molar-refractivity contribution in [1.29, 1.82) is 0 Å². The van der Waals surface area contributed by atoms with Gasteiger partial charge in [-0.05, 0) is 18.1 Å². The highest BCUT2D eigenvalue weighted by Crippen LogP contribution is 2.29. The number of esters is 1. The third kappa shape index (κ3) is 8.65. The molecule has 0 radical (unpaired) electrons. The normalized spacial score (nSPS) is 23.7. The van der Waals surface area contributed by atoms with Crippen molar-refractivity contribution in [3.63, 3.8) is 0 Å². The van der Waals surface area contributed by atoms with Gasteiger partial charge in [-0.1, -0.05) is 66.7 Å². The quantitative estimate of drug-likeness (QED) is 0.313. The second-order valence-corrected chi connectivity index (χ2v) is 8.57. The van der Waals surface area contributed by atoms with E-state index in [2.05, 4.69) is 6.58 Å². The molecule has 2 aromatic rings. The van der Waals surface area contributed by atoms with Gasteiger partial charge in [-0.3, -0.25) is 4.79 Å².